The van der Waals surface area contributed by atoms with E-state index in [9.17, 15) is 13.2 Å². The molecule has 0 aliphatic carbocycles. The molecule has 6 heteroatoms. The zero-order valence-corrected chi connectivity index (χ0v) is 11.1. The topological polar surface area (TPSA) is 83.5 Å². The van der Waals surface area contributed by atoms with Crippen molar-refractivity contribution in [1.29, 1.82) is 0 Å². The molecule has 1 unspecified atom stereocenters. The van der Waals surface area contributed by atoms with E-state index in [4.69, 9.17) is 5.11 Å². The van der Waals surface area contributed by atoms with Crippen LogP contribution in [-0.2, 0) is 14.6 Å². The monoisotopic (exact) mass is 251 g/mol. The summed E-state index contributed by atoms with van der Waals surface area (Å²) < 4.78 is 21.3. The molecule has 0 aromatic heterocycles. The largest absolute Gasteiger partial charge is 0.396 e. The first kappa shape index (κ1) is 15.4. The number of nitrogens with one attached hydrogen (secondary N) is 1. The first-order chi connectivity index (χ1) is 7.13. The van der Waals surface area contributed by atoms with E-state index in [-0.39, 0.29) is 12.5 Å². The normalized spacial score (nSPS) is 14.6. The summed E-state index contributed by atoms with van der Waals surface area (Å²) in [6.07, 6.45) is 1.63. The third kappa shape index (κ3) is 4.09. The lowest BCUT2D eigenvalue weighted by Gasteiger charge is -2.22. The van der Waals surface area contributed by atoms with Crippen molar-refractivity contribution in [1.82, 2.24) is 5.32 Å². The summed E-state index contributed by atoms with van der Waals surface area (Å²) >= 11 is 0. The highest BCUT2D eigenvalue weighted by Crippen LogP contribution is 2.15. The second-order valence-corrected chi connectivity index (χ2v) is 7.17. The molecule has 2 N–H and O–H groups in total. The molecule has 16 heavy (non-hydrogen) atoms. The van der Waals surface area contributed by atoms with Crippen molar-refractivity contribution in [3.63, 3.8) is 0 Å². The molecule has 1 amide bonds. The van der Waals surface area contributed by atoms with E-state index in [0.717, 1.165) is 6.26 Å². The molecule has 0 rings (SSSR count). The standard InChI is InChI=1S/C10H21NO4S/c1-8(5-6-12)7-11-9(13)10(2,3)16(4,14)15/h8,12H,5-7H2,1-4H3,(H,11,13). The van der Waals surface area contributed by atoms with Gasteiger partial charge < -0.3 is 10.4 Å². The summed E-state index contributed by atoms with van der Waals surface area (Å²) in [5.74, 6) is -0.371. The molecular formula is C10H21NO4S. The van der Waals surface area contributed by atoms with Crippen LogP contribution in [0, 0.1) is 5.92 Å². The van der Waals surface area contributed by atoms with Gasteiger partial charge in [0.25, 0.3) is 0 Å². The second-order valence-electron chi connectivity index (χ2n) is 4.61. The second kappa shape index (κ2) is 5.63. The molecule has 0 spiro atoms. The zero-order chi connectivity index (χ0) is 13.0. The molecule has 5 nitrogen and oxygen atoms in total. The van der Waals surface area contributed by atoms with Crippen molar-refractivity contribution in [2.75, 3.05) is 19.4 Å². The van der Waals surface area contributed by atoms with Gasteiger partial charge in [-0.2, -0.15) is 0 Å². The summed E-state index contributed by atoms with van der Waals surface area (Å²) in [6.45, 7) is 5.08. The van der Waals surface area contributed by atoms with Gasteiger partial charge in [0.15, 0.2) is 9.84 Å². The maximum Gasteiger partial charge on any atom is 0.240 e. The maximum atomic E-state index is 11.7. The zero-order valence-electron chi connectivity index (χ0n) is 10.3. The molecule has 0 aromatic rings. The van der Waals surface area contributed by atoms with Crippen LogP contribution in [0.5, 0.6) is 0 Å². The Morgan fingerprint density at radius 2 is 1.94 bits per heavy atom. The predicted molar refractivity (Wildman–Crippen MR) is 62.8 cm³/mol. The van der Waals surface area contributed by atoms with Gasteiger partial charge in [-0.15, -0.1) is 0 Å². The number of aliphatic hydroxyl groups is 1. The summed E-state index contributed by atoms with van der Waals surface area (Å²) in [6, 6.07) is 0. The molecule has 0 saturated carbocycles. The molecule has 96 valence electrons. The molecule has 0 aliphatic heterocycles. The number of sulfone groups is 1. The molecule has 1 atom stereocenters. The number of aliphatic hydroxyl groups excluding tert-OH is 1. The van der Waals surface area contributed by atoms with Crippen LogP contribution >= 0.6 is 0 Å². The lowest BCUT2D eigenvalue weighted by Crippen LogP contribution is -2.48. The number of rotatable bonds is 6. The number of hydrogen-bond donors (Lipinski definition) is 2. The van der Waals surface area contributed by atoms with Gasteiger partial charge in [-0.3, -0.25) is 4.79 Å². The Balaban J connectivity index is 4.38. The van der Waals surface area contributed by atoms with Crippen LogP contribution in [0.1, 0.15) is 27.2 Å². The van der Waals surface area contributed by atoms with Crippen molar-refractivity contribution in [3.8, 4) is 0 Å². The Hall–Kier alpha value is -0.620. The van der Waals surface area contributed by atoms with Crippen molar-refractivity contribution in [2.24, 2.45) is 5.92 Å². The molecule has 0 aromatic carbocycles. The number of amides is 1. The van der Waals surface area contributed by atoms with Gasteiger partial charge in [0.05, 0.1) is 0 Å². The number of carbonyl (C=O) groups excluding carboxylic acids is 1. The van der Waals surface area contributed by atoms with E-state index >= 15 is 0 Å². The SMILES string of the molecule is CC(CCO)CNC(=O)C(C)(C)S(C)(=O)=O. The molecule has 0 radical (unpaired) electrons. The van der Waals surface area contributed by atoms with Crippen LogP contribution in [0.15, 0.2) is 0 Å². The molecule has 0 bridgehead atoms. The van der Waals surface area contributed by atoms with Gasteiger partial charge >= 0.3 is 0 Å². The van der Waals surface area contributed by atoms with E-state index in [0.29, 0.717) is 13.0 Å². The van der Waals surface area contributed by atoms with Crippen LogP contribution in [0.25, 0.3) is 0 Å². The fourth-order valence-corrected chi connectivity index (χ4v) is 1.38. The van der Waals surface area contributed by atoms with Crippen LogP contribution in [0.3, 0.4) is 0 Å². The van der Waals surface area contributed by atoms with Gasteiger partial charge in [0, 0.05) is 19.4 Å². The maximum absolute atomic E-state index is 11.7. The Morgan fingerprint density at radius 1 is 1.44 bits per heavy atom. The highest BCUT2D eigenvalue weighted by molar-refractivity contribution is 7.92. The van der Waals surface area contributed by atoms with Crippen molar-refractivity contribution < 1.29 is 18.3 Å². The highest BCUT2D eigenvalue weighted by Gasteiger charge is 2.38. The predicted octanol–water partition coefficient (Wildman–Crippen LogP) is -0.0557. The van der Waals surface area contributed by atoms with Crippen LogP contribution in [0.2, 0.25) is 0 Å². The average Bonchev–Trinajstić information content (AvgIpc) is 2.12. The lowest BCUT2D eigenvalue weighted by atomic mass is 10.1. The van der Waals surface area contributed by atoms with E-state index < -0.39 is 20.5 Å². The van der Waals surface area contributed by atoms with Crippen molar-refractivity contribution in [2.45, 2.75) is 31.9 Å². The van der Waals surface area contributed by atoms with Gasteiger partial charge in [-0.1, -0.05) is 6.92 Å². The van der Waals surface area contributed by atoms with Crippen LogP contribution < -0.4 is 5.32 Å². The van der Waals surface area contributed by atoms with Gasteiger partial charge in [-0.25, -0.2) is 8.42 Å². The Labute approximate surface area is 97.2 Å². The molecule has 0 aliphatic rings. The van der Waals surface area contributed by atoms with E-state index in [1.54, 1.807) is 0 Å². The van der Waals surface area contributed by atoms with E-state index in [1.807, 2.05) is 6.92 Å². The quantitative estimate of drug-likeness (QED) is 0.693. The summed E-state index contributed by atoms with van der Waals surface area (Å²) in [5, 5.41) is 11.3. The summed E-state index contributed by atoms with van der Waals surface area (Å²) in [7, 11) is -3.42. The Bertz CT molecular complexity index is 335. The van der Waals surface area contributed by atoms with Crippen molar-refractivity contribution >= 4 is 15.7 Å². The van der Waals surface area contributed by atoms with Crippen LogP contribution in [0.4, 0.5) is 0 Å². The molecule has 0 heterocycles. The van der Waals surface area contributed by atoms with Crippen molar-refractivity contribution in [3.05, 3.63) is 0 Å². The van der Waals surface area contributed by atoms with Gasteiger partial charge in [0.1, 0.15) is 4.75 Å². The molecular weight excluding hydrogens is 230 g/mol. The van der Waals surface area contributed by atoms with E-state index in [1.165, 1.54) is 13.8 Å². The van der Waals surface area contributed by atoms with E-state index in [2.05, 4.69) is 5.32 Å². The van der Waals surface area contributed by atoms with Gasteiger partial charge in [-0.05, 0) is 26.2 Å². The lowest BCUT2D eigenvalue weighted by molar-refractivity contribution is -0.123. The molecule has 0 fully saturated rings. The smallest absolute Gasteiger partial charge is 0.240 e. The average molecular weight is 251 g/mol. The van der Waals surface area contributed by atoms with Gasteiger partial charge in [0.2, 0.25) is 5.91 Å². The third-order valence-corrected chi connectivity index (χ3v) is 4.75. The fourth-order valence-electron chi connectivity index (χ4n) is 0.971. The van der Waals surface area contributed by atoms with Crippen LogP contribution in [-0.4, -0.2) is 43.6 Å². The third-order valence-electron chi connectivity index (χ3n) is 2.71. The first-order valence-corrected chi connectivity index (χ1v) is 7.10. The fraction of sp³-hybridized carbons (Fsp3) is 0.900. The molecule has 0 saturated heterocycles. The minimum atomic E-state index is -3.42. The minimum Gasteiger partial charge on any atom is -0.396 e. The Morgan fingerprint density at radius 3 is 2.31 bits per heavy atom. The number of carbonyl (C=O) groups is 1. The minimum absolute atomic E-state index is 0.0620. The Kier molecular flexibility index (Phi) is 5.41. The highest BCUT2D eigenvalue weighted by atomic mass is 32.2. The number of hydrogen-bond acceptors (Lipinski definition) is 4. The summed E-state index contributed by atoms with van der Waals surface area (Å²) in [5.41, 5.74) is 0. The summed E-state index contributed by atoms with van der Waals surface area (Å²) in [4.78, 5) is 11.7. The first-order valence-electron chi connectivity index (χ1n) is 5.21.